The Hall–Kier alpha value is -3.38. The van der Waals surface area contributed by atoms with Crippen molar-refractivity contribution in [1.29, 1.82) is 0 Å². The third-order valence-electron chi connectivity index (χ3n) is 4.86. The average molecular weight is 346 g/mol. The second-order valence-electron chi connectivity index (χ2n) is 6.72. The molecule has 0 aliphatic rings. The fourth-order valence-electron chi connectivity index (χ4n) is 3.38. The van der Waals surface area contributed by atoms with Gasteiger partial charge in [0.05, 0.1) is 0 Å². The van der Waals surface area contributed by atoms with Crippen molar-refractivity contribution < 1.29 is 0 Å². The summed E-state index contributed by atoms with van der Waals surface area (Å²) in [7, 11) is 0. The van der Waals surface area contributed by atoms with Crippen molar-refractivity contribution in [3.8, 4) is 22.3 Å². The van der Waals surface area contributed by atoms with E-state index in [4.69, 9.17) is 0 Å². The molecular weight excluding hydrogens is 324 g/mol. The first-order valence-corrected chi connectivity index (χ1v) is 9.30. The molecular formula is C27H22. The van der Waals surface area contributed by atoms with Gasteiger partial charge in [-0.15, -0.1) is 0 Å². The van der Waals surface area contributed by atoms with Crippen LogP contribution in [0.5, 0.6) is 0 Å². The Balaban J connectivity index is 1.69. The molecule has 4 aromatic rings. The molecule has 0 heteroatoms. The highest BCUT2D eigenvalue weighted by Crippen LogP contribution is 2.29. The van der Waals surface area contributed by atoms with E-state index in [1.165, 1.54) is 39.0 Å². The summed E-state index contributed by atoms with van der Waals surface area (Å²) < 4.78 is 0. The van der Waals surface area contributed by atoms with Gasteiger partial charge in [0, 0.05) is 0 Å². The van der Waals surface area contributed by atoms with Gasteiger partial charge >= 0.3 is 0 Å². The van der Waals surface area contributed by atoms with Gasteiger partial charge in [-0.3, -0.25) is 0 Å². The van der Waals surface area contributed by atoms with E-state index >= 15 is 0 Å². The predicted molar refractivity (Wildman–Crippen MR) is 117 cm³/mol. The van der Waals surface area contributed by atoms with Crippen molar-refractivity contribution in [2.75, 3.05) is 0 Å². The van der Waals surface area contributed by atoms with E-state index in [-0.39, 0.29) is 0 Å². The summed E-state index contributed by atoms with van der Waals surface area (Å²) in [5, 5.41) is 0. The lowest BCUT2D eigenvalue weighted by Gasteiger charge is -2.10. The topological polar surface area (TPSA) is 0 Å². The molecule has 0 atom stereocenters. The van der Waals surface area contributed by atoms with Gasteiger partial charge in [-0.05, 0) is 45.9 Å². The fourth-order valence-corrected chi connectivity index (χ4v) is 3.38. The maximum atomic E-state index is 2.27. The van der Waals surface area contributed by atoms with Gasteiger partial charge in [0.25, 0.3) is 0 Å². The SMILES string of the molecule is C/C(=C\c1ccccc1-c1ccc(-c2ccccc2)cc1)c1ccccc1. The van der Waals surface area contributed by atoms with Crippen LogP contribution < -0.4 is 0 Å². The van der Waals surface area contributed by atoms with Crippen LogP contribution in [0.15, 0.2) is 109 Å². The lowest BCUT2D eigenvalue weighted by molar-refractivity contribution is 1.55. The van der Waals surface area contributed by atoms with Gasteiger partial charge in [0.2, 0.25) is 0 Å². The summed E-state index contributed by atoms with van der Waals surface area (Å²) >= 11 is 0. The lowest BCUT2D eigenvalue weighted by atomic mass is 9.95. The molecule has 0 N–H and O–H groups in total. The van der Waals surface area contributed by atoms with Crippen molar-refractivity contribution in [3.63, 3.8) is 0 Å². The van der Waals surface area contributed by atoms with Crippen molar-refractivity contribution in [2.24, 2.45) is 0 Å². The minimum Gasteiger partial charge on any atom is -0.0622 e. The Morgan fingerprint density at radius 3 is 1.74 bits per heavy atom. The molecule has 0 saturated heterocycles. The first kappa shape index (κ1) is 17.1. The molecule has 130 valence electrons. The molecule has 0 bridgehead atoms. The van der Waals surface area contributed by atoms with E-state index in [0.29, 0.717) is 0 Å². The zero-order chi connectivity index (χ0) is 18.5. The molecule has 0 nitrogen and oxygen atoms in total. The summed E-state index contributed by atoms with van der Waals surface area (Å²) in [5.74, 6) is 0. The minimum atomic E-state index is 1.24. The maximum Gasteiger partial charge on any atom is -0.0111 e. The molecule has 0 amide bonds. The molecule has 0 aliphatic heterocycles. The van der Waals surface area contributed by atoms with Crippen LogP contribution in [0.1, 0.15) is 18.1 Å². The normalized spacial score (nSPS) is 11.4. The van der Waals surface area contributed by atoms with E-state index in [2.05, 4.69) is 122 Å². The first-order chi connectivity index (χ1) is 13.3. The summed E-state index contributed by atoms with van der Waals surface area (Å²) in [5.41, 5.74) is 8.75. The Morgan fingerprint density at radius 1 is 0.519 bits per heavy atom. The smallest absolute Gasteiger partial charge is 0.0111 e. The number of hydrogen-bond acceptors (Lipinski definition) is 0. The minimum absolute atomic E-state index is 1.24. The number of allylic oxidation sites excluding steroid dienone is 1. The Labute approximate surface area is 161 Å². The Morgan fingerprint density at radius 2 is 1.04 bits per heavy atom. The Bertz CT molecular complexity index is 1040. The maximum absolute atomic E-state index is 2.27. The molecule has 0 heterocycles. The van der Waals surface area contributed by atoms with Crippen LogP contribution in [0.4, 0.5) is 0 Å². The van der Waals surface area contributed by atoms with Crippen LogP contribution in [0.3, 0.4) is 0 Å². The second kappa shape index (κ2) is 7.88. The summed E-state index contributed by atoms with van der Waals surface area (Å²) in [6, 6.07) is 38.5. The monoisotopic (exact) mass is 346 g/mol. The van der Waals surface area contributed by atoms with Gasteiger partial charge in [-0.25, -0.2) is 0 Å². The van der Waals surface area contributed by atoms with Crippen molar-refractivity contribution >= 4 is 11.6 Å². The van der Waals surface area contributed by atoms with Crippen LogP contribution in [-0.2, 0) is 0 Å². The quantitative estimate of drug-likeness (QED) is 0.334. The van der Waals surface area contributed by atoms with Gasteiger partial charge in [0.1, 0.15) is 0 Å². The molecule has 0 aliphatic carbocycles. The van der Waals surface area contributed by atoms with Crippen molar-refractivity contribution in [3.05, 3.63) is 120 Å². The van der Waals surface area contributed by atoms with Crippen molar-refractivity contribution in [2.45, 2.75) is 6.92 Å². The molecule has 27 heavy (non-hydrogen) atoms. The van der Waals surface area contributed by atoms with Crippen LogP contribution >= 0.6 is 0 Å². The third kappa shape index (κ3) is 3.91. The highest BCUT2D eigenvalue weighted by molar-refractivity contribution is 5.86. The van der Waals surface area contributed by atoms with Gasteiger partial charge in [-0.2, -0.15) is 0 Å². The van der Waals surface area contributed by atoms with Gasteiger partial charge in [-0.1, -0.05) is 115 Å². The molecule has 0 unspecified atom stereocenters. The molecule has 4 aromatic carbocycles. The lowest BCUT2D eigenvalue weighted by Crippen LogP contribution is -1.86. The van der Waals surface area contributed by atoms with Crippen molar-refractivity contribution in [1.82, 2.24) is 0 Å². The number of benzene rings is 4. The molecule has 0 spiro atoms. The average Bonchev–Trinajstić information content (AvgIpc) is 2.75. The summed E-state index contributed by atoms with van der Waals surface area (Å²) in [6.45, 7) is 2.17. The molecule has 4 rings (SSSR count). The highest BCUT2D eigenvalue weighted by atomic mass is 14.1. The standard InChI is InChI=1S/C27H22/c1-21(22-10-4-2-5-11-22)20-26-14-8-9-15-27(26)25-18-16-24(17-19-25)23-12-6-3-7-13-23/h2-20H,1H3/b21-20+. The van der Waals surface area contributed by atoms with E-state index < -0.39 is 0 Å². The predicted octanol–water partition coefficient (Wildman–Crippen LogP) is 7.58. The van der Waals surface area contributed by atoms with E-state index in [9.17, 15) is 0 Å². The van der Waals surface area contributed by atoms with Crippen LogP contribution in [0.25, 0.3) is 33.9 Å². The molecule has 0 aromatic heterocycles. The van der Waals surface area contributed by atoms with E-state index in [0.717, 1.165) is 0 Å². The molecule has 0 saturated carbocycles. The first-order valence-electron chi connectivity index (χ1n) is 9.30. The van der Waals surface area contributed by atoms with Gasteiger partial charge in [0.15, 0.2) is 0 Å². The van der Waals surface area contributed by atoms with Crippen LogP contribution in [-0.4, -0.2) is 0 Å². The fraction of sp³-hybridized carbons (Fsp3) is 0.0370. The number of hydrogen-bond donors (Lipinski definition) is 0. The Kier molecular flexibility index (Phi) is 4.98. The van der Waals surface area contributed by atoms with Gasteiger partial charge < -0.3 is 0 Å². The number of rotatable bonds is 4. The van der Waals surface area contributed by atoms with Crippen LogP contribution in [0.2, 0.25) is 0 Å². The van der Waals surface area contributed by atoms with E-state index in [1.807, 2.05) is 0 Å². The molecule has 0 radical (unpaired) electrons. The van der Waals surface area contributed by atoms with E-state index in [1.54, 1.807) is 0 Å². The molecule has 0 fully saturated rings. The summed E-state index contributed by atoms with van der Waals surface area (Å²) in [6.07, 6.45) is 2.27. The highest BCUT2D eigenvalue weighted by Gasteiger charge is 2.05. The van der Waals surface area contributed by atoms with Crippen LogP contribution in [0, 0.1) is 0 Å². The third-order valence-corrected chi connectivity index (χ3v) is 4.86. The largest absolute Gasteiger partial charge is 0.0622 e. The zero-order valence-corrected chi connectivity index (χ0v) is 15.5. The second-order valence-corrected chi connectivity index (χ2v) is 6.72. The zero-order valence-electron chi connectivity index (χ0n) is 15.5. The summed E-state index contributed by atoms with van der Waals surface area (Å²) in [4.78, 5) is 0.